The molecular formula is C21H17N9O2S. The van der Waals surface area contributed by atoms with Gasteiger partial charge in [-0.1, -0.05) is 6.58 Å². The number of thiazole rings is 1. The zero-order chi connectivity index (χ0) is 23.5. The number of hydrogen-bond donors (Lipinski definition) is 2. The summed E-state index contributed by atoms with van der Waals surface area (Å²) < 4.78 is 2.83. The van der Waals surface area contributed by atoms with Crippen LogP contribution >= 0.6 is 11.3 Å². The van der Waals surface area contributed by atoms with Crippen molar-refractivity contribution in [3.63, 3.8) is 0 Å². The number of azo groups is 1. The number of aryl methyl sites for hydroxylation is 1. The first-order valence-corrected chi connectivity index (χ1v) is 10.5. The highest BCUT2D eigenvalue weighted by molar-refractivity contribution is 7.12. The van der Waals surface area contributed by atoms with E-state index in [0.29, 0.717) is 27.9 Å². The average Bonchev–Trinajstić information content (AvgIpc) is 3.51. The van der Waals surface area contributed by atoms with Gasteiger partial charge in [0.15, 0.2) is 5.69 Å². The van der Waals surface area contributed by atoms with Gasteiger partial charge in [0.2, 0.25) is 16.9 Å². The van der Waals surface area contributed by atoms with Crippen LogP contribution in [0.5, 0.6) is 0 Å². The molecule has 2 N–H and O–H groups in total. The second-order valence-electron chi connectivity index (χ2n) is 6.79. The minimum atomic E-state index is -0.422. The van der Waals surface area contributed by atoms with Gasteiger partial charge >= 0.3 is 0 Å². The highest BCUT2D eigenvalue weighted by Crippen LogP contribution is 2.26. The molecule has 4 aromatic rings. The maximum absolute atomic E-state index is 12.9. The molecule has 164 valence electrons. The second kappa shape index (κ2) is 8.85. The van der Waals surface area contributed by atoms with Crippen molar-refractivity contribution in [3.8, 4) is 16.9 Å². The van der Waals surface area contributed by atoms with Crippen LogP contribution in [0.1, 0.15) is 17.0 Å². The topological polar surface area (TPSA) is 146 Å². The molecule has 11 nitrogen and oxygen atoms in total. The Morgan fingerprint density at radius 2 is 2.06 bits per heavy atom. The van der Waals surface area contributed by atoms with Gasteiger partial charge in [-0.3, -0.25) is 14.7 Å². The van der Waals surface area contributed by atoms with Crippen LogP contribution in [0.15, 0.2) is 63.5 Å². The molecule has 0 unspecified atom stereocenters. The molecule has 0 saturated carbocycles. The largest absolute Gasteiger partial charge is 0.323 e. The van der Waals surface area contributed by atoms with Crippen molar-refractivity contribution in [2.75, 3.05) is 5.32 Å². The molecule has 4 rings (SSSR count). The second-order valence-corrected chi connectivity index (χ2v) is 7.66. The molecule has 0 spiro atoms. The van der Waals surface area contributed by atoms with Gasteiger partial charge < -0.3 is 5.32 Å². The molecule has 12 heteroatoms. The van der Waals surface area contributed by atoms with E-state index in [4.69, 9.17) is 0 Å². The molecule has 33 heavy (non-hydrogen) atoms. The lowest BCUT2D eigenvalue weighted by Gasteiger charge is -2.04. The Labute approximate surface area is 191 Å². The number of rotatable bonds is 6. The van der Waals surface area contributed by atoms with Gasteiger partial charge in [-0.15, -0.1) is 26.7 Å². The van der Waals surface area contributed by atoms with Crippen molar-refractivity contribution in [2.24, 2.45) is 10.2 Å². The summed E-state index contributed by atoms with van der Waals surface area (Å²) in [6.07, 6.45) is 2.81. The van der Waals surface area contributed by atoms with Crippen molar-refractivity contribution < 1.29 is 4.79 Å². The third-order valence-corrected chi connectivity index (χ3v) is 5.42. The Hall–Kier alpha value is -4.63. The molecule has 3 heterocycles. The Morgan fingerprint density at radius 1 is 1.30 bits per heavy atom. The van der Waals surface area contributed by atoms with Gasteiger partial charge in [-0.25, -0.2) is 14.3 Å². The number of benzene rings is 1. The number of carbonyl (C=O) groups is 1. The minimum absolute atomic E-state index is 0.0874. The third-order valence-electron chi connectivity index (χ3n) is 4.67. The number of H-pyrrole nitrogens is 1. The van der Waals surface area contributed by atoms with Crippen LogP contribution in [0.4, 0.5) is 17.2 Å². The summed E-state index contributed by atoms with van der Waals surface area (Å²) in [5.41, 5.74) is 2.09. The van der Waals surface area contributed by atoms with Crippen molar-refractivity contribution >= 4 is 34.4 Å². The fraction of sp³-hybridized carbons (Fsp3) is 0.0952. The van der Waals surface area contributed by atoms with Crippen molar-refractivity contribution in [1.82, 2.24) is 24.5 Å². The van der Waals surface area contributed by atoms with Gasteiger partial charge in [0.1, 0.15) is 11.6 Å². The van der Waals surface area contributed by atoms with Gasteiger partial charge in [-0.2, -0.15) is 5.26 Å². The number of hydrogen-bond acceptors (Lipinski definition) is 8. The standard InChI is InChI=1S/C21H17N9O2S/c1-4-17(31)24-14-5-7-15(8-6-14)30-20(32)18(12(2)27-30)25-26-19-16(11-22)13(3)29(28-19)21-23-9-10-33-21/h4-10,27H,1H2,2-3H3,(H,24,31). The van der Waals surface area contributed by atoms with Gasteiger partial charge in [-0.05, 0) is 44.2 Å². The summed E-state index contributed by atoms with van der Waals surface area (Å²) >= 11 is 1.37. The predicted octanol–water partition coefficient (Wildman–Crippen LogP) is 3.84. The maximum atomic E-state index is 12.9. The minimum Gasteiger partial charge on any atom is -0.323 e. The summed E-state index contributed by atoms with van der Waals surface area (Å²) in [5, 5.41) is 30.0. The summed E-state index contributed by atoms with van der Waals surface area (Å²) in [6, 6.07) is 8.74. The van der Waals surface area contributed by atoms with E-state index in [1.165, 1.54) is 26.8 Å². The van der Waals surface area contributed by atoms with Crippen LogP contribution < -0.4 is 10.9 Å². The molecule has 1 amide bonds. The zero-order valence-electron chi connectivity index (χ0n) is 17.6. The van der Waals surface area contributed by atoms with Crippen LogP contribution in [0.25, 0.3) is 10.8 Å². The van der Waals surface area contributed by atoms with E-state index in [-0.39, 0.29) is 23.0 Å². The highest BCUT2D eigenvalue weighted by atomic mass is 32.1. The molecular weight excluding hydrogens is 442 g/mol. The number of anilines is 1. The van der Waals surface area contributed by atoms with E-state index >= 15 is 0 Å². The van der Waals surface area contributed by atoms with E-state index in [0.717, 1.165) is 0 Å². The summed E-state index contributed by atoms with van der Waals surface area (Å²) in [7, 11) is 0. The molecule has 0 saturated heterocycles. The van der Waals surface area contributed by atoms with Gasteiger partial charge in [0.05, 0.1) is 17.1 Å². The lowest BCUT2D eigenvalue weighted by molar-refractivity contribution is -0.111. The number of aromatic amines is 1. The molecule has 0 aliphatic carbocycles. The van der Waals surface area contributed by atoms with Crippen LogP contribution in [-0.2, 0) is 4.79 Å². The predicted molar refractivity (Wildman–Crippen MR) is 123 cm³/mol. The zero-order valence-corrected chi connectivity index (χ0v) is 18.4. The number of nitrogens with one attached hydrogen (secondary N) is 2. The quantitative estimate of drug-likeness (QED) is 0.332. The average molecular weight is 459 g/mol. The first-order valence-electron chi connectivity index (χ1n) is 9.59. The molecule has 3 aromatic heterocycles. The smallest absolute Gasteiger partial charge is 0.299 e. The molecule has 0 radical (unpaired) electrons. The summed E-state index contributed by atoms with van der Waals surface area (Å²) in [5.74, 6) is -0.235. The molecule has 0 fully saturated rings. The Kier molecular flexibility index (Phi) is 5.79. The SMILES string of the molecule is C=CC(=O)Nc1ccc(-n2[nH]c(C)c(N=Nc3nn(-c4nccs4)c(C)c3C#N)c2=O)cc1. The van der Waals surface area contributed by atoms with E-state index in [9.17, 15) is 14.9 Å². The number of nitriles is 1. The Bertz CT molecular complexity index is 1470. The van der Waals surface area contributed by atoms with Gasteiger partial charge in [0, 0.05) is 17.3 Å². The van der Waals surface area contributed by atoms with E-state index in [1.54, 1.807) is 49.7 Å². The normalized spacial score (nSPS) is 10.9. The summed E-state index contributed by atoms with van der Waals surface area (Å²) in [4.78, 5) is 28.5. The third kappa shape index (κ3) is 4.12. The first-order chi connectivity index (χ1) is 15.9. The van der Waals surface area contributed by atoms with Crippen molar-refractivity contribution in [1.29, 1.82) is 5.26 Å². The van der Waals surface area contributed by atoms with Crippen molar-refractivity contribution in [3.05, 3.63) is 75.8 Å². The molecule has 0 bridgehead atoms. The van der Waals surface area contributed by atoms with E-state index in [1.807, 2.05) is 0 Å². The molecule has 1 aromatic carbocycles. The lowest BCUT2D eigenvalue weighted by atomic mass is 10.3. The van der Waals surface area contributed by atoms with E-state index < -0.39 is 5.56 Å². The van der Waals surface area contributed by atoms with Crippen LogP contribution in [0.2, 0.25) is 0 Å². The van der Waals surface area contributed by atoms with Gasteiger partial charge in [0.25, 0.3) is 5.56 Å². The highest BCUT2D eigenvalue weighted by Gasteiger charge is 2.18. The number of nitrogens with zero attached hydrogens (tertiary/aromatic N) is 7. The number of carbonyl (C=O) groups excluding carboxylic acids is 1. The summed E-state index contributed by atoms with van der Waals surface area (Å²) in [6.45, 7) is 6.83. The first kappa shape index (κ1) is 21.6. The van der Waals surface area contributed by atoms with Crippen LogP contribution in [-0.4, -0.2) is 30.5 Å². The Morgan fingerprint density at radius 3 is 2.70 bits per heavy atom. The van der Waals surface area contributed by atoms with Crippen LogP contribution in [0.3, 0.4) is 0 Å². The number of aromatic nitrogens is 5. The fourth-order valence-electron chi connectivity index (χ4n) is 3.02. The maximum Gasteiger partial charge on any atom is 0.299 e. The monoisotopic (exact) mass is 459 g/mol. The fourth-order valence-corrected chi connectivity index (χ4v) is 3.66. The number of amides is 1. The molecule has 0 aliphatic heterocycles. The van der Waals surface area contributed by atoms with E-state index in [2.05, 4.69) is 43.4 Å². The van der Waals surface area contributed by atoms with Crippen molar-refractivity contribution in [2.45, 2.75) is 13.8 Å². The lowest BCUT2D eigenvalue weighted by Crippen LogP contribution is -2.14. The molecule has 0 atom stereocenters. The Balaban J connectivity index is 1.65. The molecule has 0 aliphatic rings. The van der Waals surface area contributed by atoms with Crippen LogP contribution in [0, 0.1) is 25.2 Å².